The minimum absolute atomic E-state index is 0.0184. The van der Waals surface area contributed by atoms with Crippen molar-refractivity contribution < 1.29 is 14.7 Å². The molecule has 66 valence electrons. The maximum atomic E-state index is 11.2. The molecule has 0 bridgehead atoms. The van der Waals surface area contributed by atoms with E-state index in [-0.39, 0.29) is 11.9 Å². The van der Waals surface area contributed by atoms with E-state index in [0.29, 0.717) is 12.8 Å². The molecular weight excluding hydrogens is 158 g/mol. The van der Waals surface area contributed by atoms with Crippen molar-refractivity contribution in [2.24, 2.45) is 0 Å². The third-order valence-corrected chi connectivity index (χ3v) is 2.48. The molecule has 1 amide bonds. The summed E-state index contributed by atoms with van der Waals surface area (Å²) in [5.74, 6) is -0.836. The Morgan fingerprint density at radius 3 is 2.58 bits per heavy atom. The highest BCUT2D eigenvalue weighted by molar-refractivity contribution is 5.87. The zero-order valence-electron chi connectivity index (χ0n) is 6.69. The maximum absolute atomic E-state index is 11.2. The number of amides is 1. The maximum Gasteiger partial charge on any atom is 0.326 e. The van der Waals surface area contributed by atoms with Gasteiger partial charge in [0.2, 0.25) is 5.91 Å². The summed E-state index contributed by atoms with van der Waals surface area (Å²) < 4.78 is 0. The van der Waals surface area contributed by atoms with Gasteiger partial charge in [-0.15, -0.1) is 0 Å². The fraction of sp³-hybridized carbons (Fsp3) is 0.750. The lowest BCUT2D eigenvalue weighted by Crippen LogP contribution is -2.39. The zero-order chi connectivity index (χ0) is 8.72. The Hall–Kier alpha value is -1.06. The monoisotopic (exact) mass is 169 g/mol. The molecule has 2 fully saturated rings. The molecule has 0 aromatic heterocycles. The number of likely N-dealkylation sites (tertiary alicyclic amines) is 1. The van der Waals surface area contributed by atoms with Crippen LogP contribution in [0.3, 0.4) is 0 Å². The van der Waals surface area contributed by atoms with E-state index < -0.39 is 12.0 Å². The smallest absolute Gasteiger partial charge is 0.326 e. The lowest BCUT2D eigenvalue weighted by Gasteiger charge is -2.20. The predicted molar refractivity (Wildman–Crippen MR) is 40.5 cm³/mol. The molecule has 1 atom stereocenters. The van der Waals surface area contributed by atoms with Gasteiger partial charge in [0.15, 0.2) is 0 Å². The first-order valence-corrected chi connectivity index (χ1v) is 4.24. The SMILES string of the molecule is O=C(O)[C@@H]1CCC(=O)N1C1CC1. The summed E-state index contributed by atoms with van der Waals surface area (Å²) >= 11 is 0. The molecule has 1 saturated carbocycles. The molecule has 1 N–H and O–H groups in total. The molecule has 12 heavy (non-hydrogen) atoms. The molecule has 0 unspecified atom stereocenters. The van der Waals surface area contributed by atoms with Crippen molar-refractivity contribution in [1.29, 1.82) is 0 Å². The van der Waals surface area contributed by atoms with Crippen molar-refractivity contribution in [2.45, 2.75) is 37.8 Å². The molecule has 1 aliphatic carbocycles. The van der Waals surface area contributed by atoms with E-state index in [9.17, 15) is 9.59 Å². The molecular formula is C8H11NO3. The fourth-order valence-corrected chi connectivity index (χ4v) is 1.76. The van der Waals surface area contributed by atoms with Crippen molar-refractivity contribution in [3.8, 4) is 0 Å². The van der Waals surface area contributed by atoms with Gasteiger partial charge in [-0.25, -0.2) is 4.79 Å². The van der Waals surface area contributed by atoms with Gasteiger partial charge in [-0.2, -0.15) is 0 Å². The van der Waals surface area contributed by atoms with Gasteiger partial charge >= 0.3 is 5.97 Å². The van der Waals surface area contributed by atoms with E-state index in [1.165, 1.54) is 0 Å². The van der Waals surface area contributed by atoms with Crippen LogP contribution in [0, 0.1) is 0 Å². The average Bonchev–Trinajstić information content (AvgIpc) is 2.75. The topological polar surface area (TPSA) is 57.6 Å². The molecule has 4 heteroatoms. The Labute approximate surface area is 70.2 Å². The Balaban J connectivity index is 2.13. The van der Waals surface area contributed by atoms with Crippen LogP contribution in [-0.2, 0) is 9.59 Å². The van der Waals surface area contributed by atoms with Crippen molar-refractivity contribution in [3.63, 3.8) is 0 Å². The number of rotatable bonds is 2. The van der Waals surface area contributed by atoms with Gasteiger partial charge in [0.25, 0.3) is 0 Å². The number of carbonyl (C=O) groups is 2. The molecule has 1 saturated heterocycles. The van der Waals surface area contributed by atoms with Crippen molar-refractivity contribution >= 4 is 11.9 Å². The minimum Gasteiger partial charge on any atom is -0.480 e. The summed E-state index contributed by atoms with van der Waals surface area (Å²) in [6, 6.07) is -0.300. The molecule has 0 aromatic rings. The van der Waals surface area contributed by atoms with Crippen LogP contribution in [0.15, 0.2) is 0 Å². The standard InChI is InChI=1S/C8H11NO3/c10-7-4-3-6(8(11)12)9(7)5-1-2-5/h5-6H,1-4H2,(H,11,12)/t6-/m0/s1. The molecule has 2 rings (SSSR count). The van der Waals surface area contributed by atoms with Gasteiger partial charge in [0.05, 0.1) is 0 Å². The van der Waals surface area contributed by atoms with E-state index in [1.54, 1.807) is 4.90 Å². The predicted octanol–water partition coefficient (Wildman–Crippen LogP) is 0.224. The number of carbonyl (C=O) groups excluding carboxylic acids is 1. The van der Waals surface area contributed by atoms with E-state index in [2.05, 4.69) is 0 Å². The first kappa shape index (κ1) is 7.58. The molecule has 1 aliphatic heterocycles. The third-order valence-electron chi connectivity index (χ3n) is 2.48. The number of hydrogen-bond acceptors (Lipinski definition) is 2. The lowest BCUT2D eigenvalue weighted by molar-refractivity contribution is -0.146. The van der Waals surface area contributed by atoms with Gasteiger partial charge in [-0.1, -0.05) is 0 Å². The molecule has 2 aliphatic rings. The summed E-state index contributed by atoms with van der Waals surface area (Å²) in [6.07, 6.45) is 2.86. The van der Waals surface area contributed by atoms with Crippen LogP contribution in [0.2, 0.25) is 0 Å². The number of carboxylic acid groups (broad SMARTS) is 1. The fourth-order valence-electron chi connectivity index (χ4n) is 1.76. The highest BCUT2D eigenvalue weighted by Crippen LogP contribution is 2.34. The number of aliphatic carboxylic acids is 1. The minimum atomic E-state index is -0.854. The summed E-state index contributed by atoms with van der Waals surface area (Å²) in [4.78, 5) is 23.5. The largest absolute Gasteiger partial charge is 0.480 e. The van der Waals surface area contributed by atoms with E-state index >= 15 is 0 Å². The Kier molecular flexibility index (Phi) is 1.56. The number of carboxylic acids is 1. The average molecular weight is 169 g/mol. The second-order valence-corrected chi connectivity index (χ2v) is 3.42. The summed E-state index contributed by atoms with van der Waals surface area (Å²) in [7, 11) is 0. The molecule has 0 aromatic carbocycles. The van der Waals surface area contributed by atoms with Crippen molar-refractivity contribution in [1.82, 2.24) is 4.90 Å². The summed E-state index contributed by atoms with van der Waals surface area (Å²) in [6.45, 7) is 0. The second-order valence-electron chi connectivity index (χ2n) is 3.42. The first-order chi connectivity index (χ1) is 5.70. The van der Waals surface area contributed by atoms with Crippen molar-refractivity contribution in [2.75, 3.05) is 0 Å². The Bertz CT molecular complexity index is 234. The Morgan fingerprint density at radius 2 is 2.08 bits per heavy atom. The van der Waals surface area contributed by atoms with Crippen LogP contribution in [-0.4, -0.2) is 34.0 Å². The highest BCUT2D eigenvalue weighted by atomic mass is 16.4. The third kappa shape index (κ3) is 1.07. The van der Waals surface area contributed by atoms with Crippen LogP contribution in [0.25, 0.3) is 0 Å². The van der Waals surface area contributed by atoms with Crippen LogP contribution >= 0.6 is 0 Å². The van der Waals surface area contributed by atoms with Crippen LogP contribution in [0.1, 0.15) is 25.7 Å². The zero-order valence-corrected chi connectivity index (χ0v) is 6.69. The highest BCUT2D eigenvalue weighted by Gasteiger charge is 2.44. The molecule has 0 spiro atoms. The first-order valence-electron chi connectivity index (χ1n) is 4.24. The van der Waals surface area contributed by atoms with Crippen LogP contribution < -0.4 is 0 Å². The molecule has 4 nitrogen and oxygen atoms in total. The van der Waals surface area contributed by atoms with Crippen LogP contribution in [0.5, 0.6) is 0 Å². The lowest BCUT2D eigenvalue weighted by atomic mass is 10.2. The summed E-state index contributed by atoms with van der Waals surface area (Å²) in [5, 5.41) is 8.78. The number of hydrogen-bond donors (Lipinski definition) is 1. The van der Waals surface area contributed by atoms with Gasteiger partial charge < -0.3 is 10.0 Å². The normalized spacial score (nSPS) is 29.5. The van der Waals surface area contributed by atoms with E-state index in [0.717, 1.165) is 12.8 Å². The van der Waals surface area contributed by atoms with Gasteiger partial charge in [0, 0.05) is 12.5 Å². The molecule has 0 radical (unpaired) electrons. The second kappa shape index (κ2) is 2.47. The Morgan fingerprint density at radius 1 is 1.42 bits per heavy atom. The summed E-state index contributed by atoms with van der Waals surface area (Å²) in [5.41, 5.74) is 0. The number of nitrogens with zero attached hydrogens (tertiary/aromatic N) is 1. The van der Waals surface area contributed by atoms with Crippen LogP contribution in [0.4, 0.5) is 0 Å². The van der Waals surface area contributed by atoms with Gasteiger partial charge in [-0.05, 0) is 19.3 Å². The van der Waals surface area contributed by atoms with Gasteiger partial charge in [-0.3, -0.25) is 4.79 Å². The van der Waals surface area contributed by atoms with Crippen molar-refractivity contribution in [3.05, 3.63) is 0 Å². The van der Waals surface area contributed by atoms with E-state index in [4.69, 9.17) is 5.11 Å². The van der Waals surface area contributed by atoms with Gasteiger partial charge in [0.1, 0.15) is 6.04 Å². The quantitative estimate of drug-likeness (QED) is 0.643. The molecule has 1 heterocycles. The van der Waals surface area contributed by atoms with E-state index in [1.807, 2.05) is 0 Å².